The van der Waals surface area contributed by atoms with Crippen molar-refractivity contribution in [3.05, 3.63) is 128 Å². The molecule has 4 aromatic heterocycles. The van der Waals surface area contributed by atoms with E-state index in [1.165, 1.54) is 10.8 Å². The molecule has 5 heteroatoms. The third-order valence-electron chi connectivity index (χ3n) is 8.11. The van der Waals surface area contributed by atoms with E-state index >= 15 is 0 Å². The number of pyridine rings is 1. The van der Waals surface area contributed by atoms with Crippen LogP contribution in [0.1, 0.15) is 0 Å². The topological polar surface area (TPSA) is 48.5 Å². The standard InChI is InChI=1S/C35H21N5/c1-2-10-23(11-3-1)39-29-14-6-4-12-25(29)31-27-20-37-21-38-33(27)32-26-13-5-7-15-30(26)40(35(32)34(31)39)28-16-8-9-22-19-36-18-17-24(22)28/h1-21H. The Hall–Kier alpha value is -5.55. The molecule has 0 aliphatic carbocycles. The summed E-state index contributed by atoms with van der Waals surface area (Å²) in [5.74, 6) is 0. The second-order valence-electron chi connectivity index (χ2n) is 10.1. The summed E-state index contributed by atoms with van der Waals surface area (Å²) >= 11 is 0. The Bertz CT molecular complexity index is 2430. The molecule has 0 amide bonds. The summed E-state index contributed by atoms with van der Waals surface area (Å²) < 4.78 is 4.83. The molecule has 0 saturated carbocycles. The summed E-state index contributed by atoms with van der Waals surface area (Å²) in [6.45, 7) is 0. The number of hydrogen-bond acceptors (Lipinski definition) is 3. The summed E-state index contributed by atoms with van der Waals surface area (Å²) in [6.07, 6.45) is 7.45. The molecule has 0 saturated heterocycles. The van der Waals surface area contributed by atoms with E-state index in [-0.39, 0.29) is 0 Å². The molecular formula is C35H21N5. The fourth-order valence-electron chi connectivity index (χ4n) is 6.55. The molecule has 0 spiro atoms. The van der Waals surface area contributed by atoms with Crippen LogP contribution in [0.2, 0.25) is 0 Å². The van der Waals surface area contributed by atoms with E-state index in [0.29, 0.717) is 0 Å². The van der Waals surface area contributed by atoms with Gasteiger partial charge in [-0.15, -0.1) is 0 Å². The molecule has 5 aromatic carbocycles. The molecule has 0 N–H and O–H groups in total. The molecule has 9 aromatic rings. The van der Waals surface area contributed by atoms with Crippen molar-refractivity contribution in [3.8, 4) is 11.4 Å². The molecule has 0 radical (unpaired) electrons. The lowest BCUT2D eigenvalue weighted by molar-refractivity contribution is 1.15. The van der Waals surface area contributed by atoms with Gasteiger partial charge in [-0.3, -0.25) is 4.98 Å². The van der Waals surface area contributed by atoms with E-state index in [1.807, 2.05) is 18.6 Å². The van der Waals surface area contributed by atoms with Gasteiger partial charge in [0.05, 0.1) is 33.3 Å². The monoisotopic (exact) mass is 511 g/mol. The molecular weight excluding hydrogens is 490 g/mol. The van der Waals surface area contributed by atoms with Crippen LogP contribution < -0.4 is 0 Å². The number of aromatic nitrogens is 5. The number of fused-ring (bicyclic) bond motifs is 11. The zero-order chi connectivity index (χ0) is 26.2. The average Bonchev–Trinajstić information content (AvgIpc) is 3.55. The molecule has 4 heterocycles. The first-order chi connectivity index (χ1) is 19.9. The molecule has 40 heavy (non-hydrogen) atoms. The highest BCUT2D eigenvalue weighted by Gasteiger charge is 2.25. The predicted molar refractivity (Wildman–Crippen MR) is 164 cm³/mol. The maximum atomic E-state index is 4.92. The molecule has 186 valence electrons. The van der Waals surface area contributed by atoms with Crippen molar-refractivity contribution in [2.75, 3.05) is 0 Å². The van der Waals surface area contributed by atoms with Crippen LogP contribution in [-0.2, 0) is 0 Å². The van der Waals surface area contributed by atoms with Crippen LogP contribution in [0.3, 0.4) is 0 Å². The Morgan fingerprint density at radius 2 is 1.23 bits per heavy atom. The van der Waals surface area contributed by atoms with E-state index in [1.54, 1.807) is 6.33 Å². The number of hydrogen-bond donors (Lipinski definition) is 0. The molecule has 0 unspecified atom stereocenters. The molecule has 5 nitrogen and oxygen atoms in total. The predicted octanol–water partition coefficient (Wildman–Crippen LogP) is 8.37. The lowest BCUT2D eigenvalue weighted by Crippen LogP contribution is -2.00. The van der Waals surface area contributed by atoms with E-state index in [2.05, 4.69) is 122 Å². The highest BCUT2D eigenvalue weighted by Crippen LogP contribution is 2.46. The second-order valence-corrected chi connectivity index (χ2v) is 10.1. The average molecular weight is 512 g/mol. The van der Waals surface area contributed by atoms with Crippen molar-refractivity contribution >= 4 is 65.3 Å². The number of benzene rings is 5. The Kier molecular flexibility index (Phi) is 4.27. The van der Waals surface area contributed by atoms with Crippen molar-refractivity contribution in [3.63, 3.8) is 0 Å². The number of rotatable bonds is 2. The third kappa shape index (κ3) is 2.73. The van der Waals surface area contributed by atoms with E-state index in [0.717, 1.165) is 65.9 Å². The maximum absolute atomic E-state index is 4.92. The minimum atomic E-state index is 0.963. The van der Waals surface area contributed by atoms with Gasteiger partial charge in [0.25, 0.3) is 0 Å². The van der Waals surface area contributed by atoms with Gasteiger partial charge in [-0.2, -0.15) is 0 Å². The fraction of sp³-hybridized carbons (Fsp3) is 0. The maximum Gasteiger partial charge on any atom is 0.116 e. The Morgan fingerprint density at radius 3 is 2.08 bits per heavy atom. The Labute approximate surface area is 228 Å². The van der Waals surface area contributed by atoms with Crippen LogP contribution in [0.5, 0.6) is 0 Å². The van der Waals surface area contributed by atoms with Crippen molar-refractivity contribution in [1.29, 1.82) is 0 Å². The summed E-state index contributed by atoms with van der Waals surface area (Å²) in [7, 11) is 0. The first kappa shape index (κ1) is 21.4. The lowest BCUT2D eigenvalue weighted by atomic mass is 10.0. The Balaban J connectivity index is 1.67. The van der Waals surface area contributed by atoms with E-state index in [4.69, 9.17) is 4.98 Å². The van der Waals surface area contributed by atoms with E-state index < -0.39 is 0 Å². The fourth-order valence-corrected chi connectivity index (χ4v) is 6.55. The molecule has 0 atom stereocenters. The van der Waals surface area contributed by atoms with Gasteiger partial charge in [0, 0.05) is 62.0 Å². The summed E-state index contributed by atoms with van der Waals surface area (Å²) in [5.41, 5.74) is 7.76. The van der Waals surface area contributed by atoms with Gasteiger partial charge in [0.15, 0.2) is 0 Å². The van der Waals surface area contributed by atoms with Crippen LogP contribution in [0, 0.1) is 0 Å². The first-order valence-electron chi connectivity index (χ1n) is 13.4. The van der Waals surface area contributed by atoms with E-state index in [9.17, 15) is 0 Å². The second kappa shape index (κ2) is 7.98. The van der Waals surface area contributed by atoms with Crippen LogP contribution >= 0.6 is 0 Å². The minimum absolute atomic E-state index is 0.963. The zero-order valence-corrected chi connectivity index (χ0v) is 21.4. The van der Waals surface area contributed by atoms with Crippen molar-refractivity contribution in [1.82, 2.24) is 24.1 Å². The Morgan fingerprint density at radius 1 is 0.500 bits per heavy atom. The SMILES string of the molecule is c1ccc(-n2c3ccccc3c3c4cncnc4c4c5ccccc5n(-c5cccc6cnccc56)c4c32)cc1. The number of para-hydroxylation sites is 3. The van der Waals surface area contributed by atoms with Crippen molar-refractivity contribution < 1.29 is 0 Å². The minimum Gasteiger partial charge on any atom is -0.307 e. The van der Waals surface area contributed by atoms with Gasteiger partial charge in [-0.1, -0.05) is 66.7 Å². The lowest BCUT2D eigenvalue weighted by Gasteiger charge is -2.15. The van der Waals surface area contributed by atoms with Crippen LogP contribution in [0.4, 0.5) is 0 Å². The largest absolute Gasteiger partial charge is 0.307 e. The van der Waals surface area contributed by atoms with Gasteiger partial charge < -0.3 is 9.13 Å². The molecule has 0 aliphatic rings. The summed E-state index contributed by atoms with van der Waals surface area (Å²) in [5, 5.41) is 7.95. The number of nitrogens with zero attached hydrogens (tertiary/aromatic N) is 5. The van der Waals surface area contributed by atoms with Crippen molar-refractivity contribution in [2.45, 2.75) is 0 Å². The first-order valence-corrected chi connectivity index (χ1v) is 13.4. The third-order valence-corrected chi connectivity index (χ3v) is 8.11. The van der Waals surface area contributed by atoms with Crippen LogP contribution in [-0.4, -0.2) is 24.1 Å². The van der Waals surface area contributed by atoms with Crippen LogP contribution in [0.15, 0.2) is 128 Å². The zero-order valence-electron chi connectivity index (χ0n) is 21.4. The van der Waals surface area contributed by atoms with Gasteiger partial charge in [-0.25, -0.2) is 9.97 Å². The van der Waals surface area contributed by atoms with Crippen molar-refractivity contribution in [2.24, 2.45) is 0 Å². The van der Waals surface area contributed by atoms with Gasteiger partial charge >= 0.3 is 0 Å². The summed E-state index contributed by atoms with van der Waals surface area (Å²) in [6, 6.07) is 36.5. The molecule has 0 fully saturated rings. The summed E-state index contributed by atoms with van der Waals surface area (Å²) in [4.78, 5) is 13.8. The van der Waals surface area contributed by atoms with Crippen LogP contribution in [0.25, 0.3) is 76.7 Å². The normalized spacial score (nSPS) is 12.0. The quantitative estimate of drug-likeness (QED) is 0.234. The van der Waals surface area contributed by atoms with Gasteiger partial charge in [-0.05, 0) is 36.4 Å². The molecule has 9 rings (SSSR count). The smallest absolute Gasteiger partial charge is 0.116 e. The van der Waals surface area contributed by atoms with Gasteiger partial charge in [0.2, 0.25) is 0 Å². The highest BCUT2D eigenvalue weighted by molar-refractivity contribution is 6.35. The van der Waals surface area contributed by atoms with Gasteiger partial charge in [0.1, 0.15) is 6.33 Å². The molecule has 0 aliphatic heterocycles. The molecule has 0 bridgehead atoms. The highest BCUT2D eigenvalue weighted by atomic mass is 15.0.